The standard InChI is InChI=1S/C59H66BN3/c1-54(2,3)38-20-18-23-41(32-38)62-49-33-39(55(4,5)6)26-27-46(49)60-47-36-44-45(57(9,10)31-30-56(44,7)8)37-50(47)61(40-21-14-13-15-22-40)51-34-42(35-52(62)53(51)60)63-48-25-17-16-24-43(48)58(11)28-19-29-59(58,63)12/h13-18,20-27,32-37H,19,28-31H2,1-12H3. The molecule has 11 rings (SSSR count). The summed E-state index contributed by atoms with van der Waals surface area (Å²) in [5.74, 6) is 0. The van der Waals surface area contributed by atoms with E-state index in [1.54, 1.807) is 0 Å². The highest BCUT2D eigenvalue weighted by molar-refractivity contribution is 7.00. The van der Waals surface area contributed by atoms with Gasteiger partial charge in [0.15, 0.2) is 0 Å². The first-order valence-corrected chi connectivity index (χ1v) is 23.9. The Labute approximate surface area is 378 Å². The zero-order valence-electron chi connectivity index (χ0n) is 40.0. The van der Waals surface area contributed by atoms with Crippen LogP contribution < -0.4 is 31.1 Å². The third-order valence-electron chi connectivity index (χ3n) is 16.9. The Kier molecular flexibility index (Phi) is 8.48. The minimum Gasteiger partial charge on any atom is -0.334 e. The second kappa shape index (κ2) is 13.2. The second-order valence-electron chi connectivity index (χ2n) is 23.7. The average Bonchev–Trinajstić information content (AvgIpc) is 3.65. The van der Waals surface area contributed by atoms with Crippen LogP contribution in [-0.2, 0) is 27.1 Å². The largest absolute Gasteiger partial charge is 0.334 e. The molecule has 6 aromatic carbocycles. The first-order chi connectivity index (χ1) is 29.7. The molecule has 0 saturated heterocycles. The van der Waals surface area contributed by atoms with E-state index in [9.17, 15) is 0 Å². The number of anilines is 8. The van der Waals surface area contributed by atoms with Crippen molar-refractivity contribution in [2.45, 2.75) is 148 Å². The number of benzene rings is 6. The van der Waals surface area contributed by atoms with Gasteiger partial charge in [-0.2, -0.15) is 0 Å². The molecule has 0 N–H and O–H groups in total. The molecule has 3 aliphatic heterocycles. The zero-order chi connectivity index (χ0) is 44.2. The lowest BCUT2D eigenvalue weighted by Gasteiger charge is -2.48. The molecule has 2 aliphatic carbocycles. The summed E-state index contributed by atoms with van der Waals surface area (Å²) in [7, 11) is 0. The predicted molar refractivity (Wildman–Crippen MR) is 271 cm³/mol. The van der Waals surface area contributed by atoms with E-state index in [0.717, 1.165) is 6.42 Å². The molecule has 0 radical (unpaired) electrons. The van der Waals surface area contributed by atoms with Crippen LogP contribution in [0.2, 0.25) is 0 Å². The third-order valence-corrected chi connectivity index (χ3v) is 16.9. The number of hydrogen-bond acceptors (Lipinski definition) is 3. The molecule has 6 aromatic rings. The topological polar surface area (TPSA) is 9.72 Å². The Morgan fingerprint density at radius 3 is 1.71 bits per heavy atom. The van der Waals surface area contributed by atoms with Gasteiger partial charge in [-0.1, -0.05) is 149 Å². The predicted octanol–water partition coefficient (Wildman–Crippen LogP) is 14.1. The SMILES string of the molecule is CC(C)(C)c1cccc(N2c3cc(C(C)(C)C)ccc3B3c4cc5c(cc4N(c4ccccc4)c4cc(N6c7ccccc7C7(C)CCCC67C)cc2c43)C(C)(C)CCC5(C)C)c1. The summed E-state index contributed by atoms with van der Waals surface area (Å²) >= 11 is 0. The van der Waals surface area contributed by atoms with Crippen LogP contribution in [0.25, 0.3) is 0 Å². The van der Waals surface area contributed by atoms with Crippen LogP contribution in [0.3, 0.4) is 0 Å². The molecule has 1 saturated carbocycles. The van der Waals surface area contributed by atoms with Crippen molar-refractivity contribution in [3.63, 3.8) is 0 Å². The summed E-state index contributed by atoms with van der Waals surface area (Å²) < 4.78 is 0. The number of para-hydroxylation sites is 2. The summed E-state index contributed by atoms with van der Waals surface area (Å²) in [4.78, 5) is 8.10. The van der Waals surface area contributed by atoms with Gasteiger partial charge in [0, 0.05) is 50.9 Å². The van der Waals surface area contributed by atoms with Gasteiger partial charge in [0.2, 0.25) is 0 Å². The Morgan fingerprint density at radius 1 is 0.444 bits per heavy atom. The summed E-state index contributed by atoms with van der Waals surface area (Å²) in [6.07, 6.45) is 5.95. The van der Waals surface area contributed by atoms with Crippen LogP contribution in [0, 0.1) is 0 Å². The van der Waals surface area contributed by atoms with Crippen LogP contribution >= 0.6 is 0 Å². The normalized spacial score (nSPS) is 22.5. The average molecular weight is 828 g/mol. The van der Waals surface area contributed by atoms with E-state index in [1.807, 2.05) is 0 Å². The van der Waals surface area contributed by atoms with Gasteiger partial charge in [-0.05, 0) is 153 Å². The summed E-state index contributed by atoms with van der Waals surface area (Å²) in [5.41, 5.74) is 21.7. The number of fused-ring (bicyclic) bond motifs is 8. The lowest BCUT2D eigenvalue weighted by Crippen LogP contribution is -2.62. The van der Waals surface area contributed by atoms with Crippen molar-refractivity contribution in [2.24, 2.45) is 0 Å². The Morgan fingerprint density at radius 2 is 1.03 bits per heavy atom. The Bertz CT molecular complexity index is 2860. The number of hydrogen-bond donors (Lipinski definition) is 0. The highest BCUT2D eigenvalue weighted by Crippen LogP contribution is 2.63. The van der Waals surface area contributed by atoms with Crippen molar-refractivity contribution >= 4 is 68.6 Å². The molecular formula is C59H66BN3. The monoisotopic (exact) mass is 828 g/mol. The minimum absolute atomic E-state index is 0.00476. The molecule has 3 heterocycles. The smallest absolute Gasteiger partial charge is 0.252 e. The molecule has 0 aromatic heterocycles. The fourth-order valence-electron chi connectivity index (χ4n) is 12.8. The summed E-state index contributed by atoms with van der Waals surface area (Å²) in [6.45, 7) is 29.2. The lowest BCUT2D eigenvalue weighted by molar-refractivity contribution is 0.330. The molecule has 0 spiro atoms. The Balaban J connectivity index is 1.30. The molecule has 5 aliphatic rings. The maximum absolute atomic E-state index is 2.78. The molecule has 63 heavy (non-hydrogen) atoms. The lowest BCUT2D eigenvalue weighted by atomic mass is 9.33. The van der Waals surface area contributed by atoms with E-state index in [0.29, 0.717) is 0 Å². The van der Waals surface area contributed by atoms with Crippen LogP contribution in [0.4, 0.5) is 45.5 Å². The summed E-state index contributed by atoms with van der Waals surface area (Å²) in [6, 6.07) is 48.0. The van der Waals surface area contributed by atoms with E-state index < -0.39 is 0 Å². The first-order valence-electron chi connectivity index (χ1n) is 23.9. The van der Waals surface area contributed by atoms with Gasteiger partial charge in [-0.3, -0.25) is 0 Å². The van der Waals surface area contributed by atoms with Crippen LogP contribution in [0.5, 0.6) is 0 Å². The highest BCUT2D eigenvalue weighted by atomic mass is 15.3. The summed E-state index contributed by atoms with van der Waals surface area (Å²) in [5, 5.41) is 0. The van der Waals surface area contributed by atoms with Crippen molar-refractivity contribution in [1.29, 1.82) is 0 Å². The van der Waals surface area contributed by atoms with Gasteiger partial charge in [0.05, 0.1) is 5.54 Å². The second-order valence-corrected chi connectivity index (χ2v) is 23.7. The van der Waals surface area contributed by atoms with Crippen molar-refractivity contribution in [3.8, 4) is 0 Å². The number of rotatable bonds is 3. The first kappa shape index (κ1) is 40.6. The van der Waals surface area contributed by atoms with Crippen molar-refractivity contribution in [2.75, 3.05) is 14.7 Å². The number of nitrogens with zero attached hydrogens (tertiary/aromatic N) is 3. The van der Waals surface area contributed by atoms with Gasteiger partial charge in [-0.25, -0.2) is 0 Å². The molecule has 0 amide bonds. The van der Waals surface area contributed by atoms with E-state index in [-0.39, 0.29) is 39.3 Å². The zero-order valence-corrected chi connectivity index (χ0v) is 40.0. The maximum atomic E-state index is 2.78. The van der Waals surface area contributed by atoms with Crippen molar-refractivity contribution in [3.05, 3.63) is 149 Å². The van der Waals surface area contributed by atoms with Crippen molar-refractivity contribution < 1.29 is 0 Å². The van der Waals surface area contributed by atoms with E-state index >= 15 is 0 Å². The van der Waals surface area contributed by atoms with E-state index in [4.69, 9.17) is 0 Å². The maximum Gasteiger partial charge on any atom is 0.252 e. The van der Waals surface area contributed by atoms with Gasteiger partial charge < -0.3 is 14.7 Å². The minimum atomic E-state index is -0.0706. The highest BCUT2D eigenvalue weighted by Gasteiger charge is 2.60. The van der Waals surface area contributed by atoms with Gasteiger partial charge in [0.25, 0.3) is 6.71 Å². The molecule has 3 nitrogen and oxygen atoms in total. The van der Waals surface area contributed by atoms with Gasteiger partial charge in [-0.15, -0.1) is 0 Å². The van der Waals surface area contributed by atoms with Gasteiger partial charge in [0.1, 0.15) is 0 Å². The quantitative estimate of drug-likeness (QED) is 0.164. The molecular weight excluding hydrogens is 761 g/mol. The van der Waals surface area contributed by atoms with Gasteiger partial charge >= 0.3 is 0 Å². The van der Waals surface area contributed by atoms with Crippen LogP contribution in [0.1, 0.15) is 143 Å². The third kappa shape index (κ3) is 5.71. The molecule has 4 heteroatoms. The van der Waals surface area contributed by atoms with E-state index in [2.05, 4.69) is 219 Å². The molecule has 320 valence electrons. The van der Waals surface area contributed by atoms with E-state index in [1.165, 1.54) is 115 Å². The molecule has 2 atom stereocenters. The fourth-order valence-corrected chi connectivity index (χ4v) is 12.8. The Hall–Kier alpha value is -5.22. The molecule has 2 unspecified atom stereocenters. The molecule has 1 fully saturated rings. The fraction of sp³-hybridized carbons (Fsp3) is 0.390. The van der Waals surface area contributed by atoms with Crippen LogP contribution in [-0.4, -0.2) is 12.3 Å². The van der Waals surface area contributed by atoms with Crippen LogP contribution in [0.15, 0.2) is 121 Å². The van der Waals surface area contributed by atoms with Crippen molar-refractivity contribution in [1.82, 2.24) is 0 Å². The molecule has 0 bridgehead atoms.